The third-order valence-corrected chi connectivity index (χ3v) is 3.37. The number of nitrogens with zero attached hydrogens (tertiary/aromatic N) is 1. The molecule has 1 N–H and O–H groups in total. The molecule has 2 nitrogen and oxygen atoms in total. The van der Waals surface area contributed by atoms with Gasteiger partial charge >= 0.3 is 5.51 Å². The highest BCUT2D eigenvalue weighted by Gasteiger charge is 2.27. The molecule has 0 amide bonds. The number of nitrogens with one attached hydrogen (secondary N) is 1. The smallest absolute Gasteiger partial charge is 0.361 e. The van der Waals surface area contributed by atoms with Crippen molar-refractivity contribution >= 4 is 44.2 Å². The van der Waals surface area contributed by atoms with Gasteiger partial charge in [-0.2, -0.15) is 13.2 Å². The van der Waals surface area contributed by atoms with E-state index in [-0.39, 0.29) is 24.1 Å². The van der Waals surface area contributed by atoms with E-state index in [0.29, 0.717) is 9.73 Å². The number of rotatable bonds is 4. The molecule has 0 bridgehead atoms. The molecule has 0 aromatic carbocycles. The summed E-state index contributed by atoms with van der Waals surface area (Å²) in [5, 5.41) is 5.18. The Balaban J connectivity index is 2.16. The lowest BCUT2D eigenvalue weighted by molar-refractivity contribution is -0.0327. The lowest BCUT2D eigenvalue weighted by Crippen LogP contribution is -2.09. The monoisotopic (exact) mass is 306 g/mol. The molecule has 8 heteroatoms. The molecule has 0 fully saturated rings. The van der Waals surface area contributed by atoms with Crippen LogP contribution in [0.15, 0.2) is 9.98 Å². The van der Waals surface area contributed by atoms with E-state index >= 15 is 0 Å². The molecule has 0 aliphatic rings. The van der Waals surface area contributed by atoms with Gasteiger partial charge in [0.15, 0.2) is 5.13 Å². The van der Waals surface area contributed by atoms with Crippen molar-refractivity contribution < 1.29 is 13.2 Å². The number of thiazole rings is 1. The van der Waals surface area contributed by atoms with E-state index < -0.39 is 5.51 Å². The minimum absolute atomic E-state index is 0.0132. The Kier molecular flexibility index (Phi) is 4.52. The third-order valence-electron chi connectivity index (χ3n) is 1.12. The molecule has 0 radical (unpaired) electrons. The van der Waals surface area contributed by atoms with Crippen molar-refractivity contribution in [2.75, 3.05) is 17.6 Å². The molecule has 0 aliphatic carbocycles. The first kappa shape index (κ1) is 12.1. The van der Waals surface area contributed by atoms with E-state index in [1.165, 1.54) is 11.3 Å². The molecule has 0 saturated heterocycles. The fraction of sp³-hybridized carbons (Fsp3) is 0.500. The number of hydrogen-bond acceptors (Lipinski definition) is 4. The van der Waals surface area contributed by atoms with Crippen molar-refractivity contribution in [3.8, 4) is 0 Å². The number of thioether (sulfide) groups is 1. The molecule has 80 valence electrons. The summed E-state index contributed by atoms with van der Waals surface area (Å²) in [4.78, 5) is 3.98. The molecular weight excluding hydrogens is 301 g/mol. The molecule has 1 aromatic rings. The Hall–Kier alpha value is 0.0500. The number of halogens is 4. The van der Waals surface area contributed by atoms with Crippen LogP contribution in [0.3, 0.4) is 0 Å². The average Bonchev–Trinajstić information content (AvgIpc) is 2.44. The summed E-state index contributed by atoms with van der Waals surface area (Å²) in [6, 6.07) is 0. The molecule has 0 spiro atoms. The van der Waals surface area contributed by atoms with Crippen LogP contribution >= 0.6 is 39.0 Å². The highest BCUT2D eigenvalue weighted by atomic mass is 79.9. The van der Waals surface area contributed by atoms with Crippen LogP contribution in [0.25, 0.3) is 0 Å². The Morgan fingerprint density at radius 2 is 2.29 bits per heavy atom. The Morgan fingerprint density at radius 3 is 2.79 bits per heavy atom. The van der Waals surface area contributed by atoms with Gasteiger partial charge in [0.1, 0.15) is 4.60 Å². The number of aromatic nitrogens is 1. The molecule has 14 heavy (non-hydrogen) atoms. The fourth-order valence-electron chi connectivity index (χ4n) is 0.660. The van der Waals surface area contributed by atoms with Crippen molar-refractivity contribution in [2.24, 2.45) is 0 Å². The highest BCUT2D eigenvalue weighted by molar-refractivity contribution is 9.10. The molecule has 1 rings (SSSR count). The molecule has 0 saturated carbocycles. The Morgan fingerprint density at radius 1 is 1.57 bits per heavy atom. The van der Waals surface area contributed by atoms with Gasteiger partial charge in [-0.3, -0.25) is 0 Å². The zero-order valence-corrected chi connectivity index (χ0v) is 9.99. The average molecular weight is 307 g/mol. The standard InChI is InChI=1S/C6H6BrF3N2S2/c7-4-3-13-5(12-4)11-1-2-14-6(8,9)10/h3H,1-2H2,(H,11,12). The lowest BCUT2D eigenvalue weighted by atomic mass is 10.7. The maximum absolute atomic E-state index is 11.7. The summed E-state index contributed by atoms with van der Waals surface area (Å²) in [5.74, 6) is -0.0132. The summed E-state index contributed by atoms with van der Waals surface area (Å²) in [5.41, 5.74) is -4.15. The van der Waals surface area contributed by atoms with Crippen LogP contribution in [0.5, 0.6) is 0 Å². The Bertz CT molecular complexity index is 289. The van der Waals surface area contributed by atoms with Gasteiger partial charge in [0, 0.05) is 17.7 Å². The van der Waals surface area contributed by atoms with Gasteiger partial charge in [-0.25, -0.2) is 4.98 Å². The summed E-state index contributed by atoms with van der Waals surface area (Å²) >= 11 is 4.46. The van der Waals surface area contributed by atoms with E-state index in [1.54, 1.807) is 5.38 Å². The van der Waals surface area contributed by atoms with Crippen LogP contribution in [-0.4, -0.2) is 22.8 Å². The molecule has 0 unspecified atom stereocenters. The topological polar surface area (TPSA) is 24.9 Å². The summed E-state index contributed by atoms with van der Waals surface area (Å²) in [7, 11) is 0. The van der Waals surface area contributed by atoms with E-state index in [0.717, 1.165) is 0 Å². The van der Waals surface area contributed by atoms with E-state index in [1.807, 2.05) is 0 Å². The molecule has 1 aromatic heterocycles. The number of alkyl halides is 3. The highest BCUT2D eigenvalue weighted by Crippen LogP contribution is 2.29. The van der Waals surface area contributed by atoms with Crippen LogP contribution < -0.4 is 5.32 Å². The van der Waals surface area contributed by atoms with Crippen LogP contribution in [0.1, 0.15) is 0 Å². The first-order valence-corrected chi connectivity index (χ1v) is 6.19. The predicted octanol–water partition coefficient (Wildman–Crippen LogP) is 3.57. The molecule has 0 aliphatic heterocycles. The minimum atomic E-state index is -4.15. The second kappa shape index (κ2) is 5.22. The Labute approximate surface area is 95.4 Å². The minimum Gasteiger partial charge on any atom is -0.361 e. The van der Waals surface area contributed by atoms with Crippen LogP contribution in [0, 0.1) is 0 Å². The zero-order valence-electron chi connectivity index (χ0n) is 6.77. The van der Waals surface area contributed by atoms with Crippen LogP contribution in [0.4, 0.5) is 18.3 Å². The van der Waals surface area contributed by atoms with Crippen molar-refractivity contribution in [1.29, 1.82) is 0 Å². The second-order valence-electron chi connectivity index (χ2n) is 2.20. The van der Waals surface area contributed by atoms with Gasteiger partial charge in [0.2, 0.25) is 0 Å². The van der Waals surface area contributed by atoms with Crippen LogP contribution in [0.2, 0.25) is 0 Å². The van der Waals surface area contributed by atoms with Gasteiger partial charge in [0.05, 0.1) is 0 Å². The number of hydrogen-bond donors (Lipinski definition) is 1. The third kappa shape index (κ3) is 5.06. The van der Waals surface area contributed by atoms with E-state index in [4.69, 9.17) is 0 Å². The SMILES string of the molecule is FC(F)(F)SCCNc1nc(Br)cs1. The maximum atomic E-state index is 11.7. The van der Waals surface area contributed by atoms with Crippen molar-refractivity contribution in [3.63, 3.8) is 0 Å². The van der Waals surface area contributed by atoms with Crippen LogP contribution in [-0.2, 0) is 0 Å². The molecular formula is C6H6BrF3N2S2. The molecule has 0 atom stereocenters. The number of anilines is 1. The van der Waals surface area contributed by atoms with Crippen molar-refractivity contribution in [2.45, 2.75) is 5.51 Å². The van der Waals surface area contributed by atoms with Gasteiger partial charge in [-0.15, -0.1) is 11.3 Å². The molecule has 1 heterocycles. The zero-order chi connectivity index (χ0) is 10.6. The van der Waals surface area contributed by atoms with Gasteiger partial charge < -0.3 is 5.32 Å². The maximum Gasteiger partial charge on any atom is 0.441 e. The lowest BCUT2D eigenvalue weighted by Gasteiger charge is -2.05. The van der Waals surface area contributed by atoms with Crippen molar-refractivity contribution in [1.82, 2.24) is 4.98 Å². The van der Waals surface area contributed by atoms with Crippen molar-refractivity contribution in [3.05, 3.63) is 9.98 Å². The van der Waals surface area contributed by atoms with Gasteiger partial charge in [0.25, 0.3) is 0 Å². The van der Waals surface area contributed by atoms with Gasteiger partial charge in [-0.05, 0) is 27.7 Å². The van der Waals surface area contributed by atoms with E-state index in [9.17, 15) is 13.2 Å². The van der Waals surface area contributed by atoms with Gasteiger partial charge in [-0.1, -0.05) is 0 Å². The summed E-state index contributed by atoms with van der Waals surface area (Å²) in [6.07, 6.45) is 0. The predicted molar refractivity (Wildman–Crippen MR) is 56.8 cm³/mol. The largest absolute Gasteiger partial charge is 0.441 e. The normalized spacial score (nSPS) is 11.7. The fourth-order valence-corrected chi connectivity index (χ4v) is 2.27. The summed E-state index contributed by atoms with van der Waals surface area (Å²) in [6.45, 7) is 0.254. The second-order valence-corrected chi connectivity index (χ2v) is 5.03. The van der Waals surface area contributed by atoms with E-state index in [2.05, 4.69) is 26.2 Å². The first-order chi connectivity index (χ1) is 6.47. The first-order valence-electron chi connectivity index (χ1n) is 3.53. The summed E-state index contributed by atoms with van der Waals surface area (Å²) < 4.78 is 35.8. The quantitative estimate of drug-likeness (QED) is 0.861.